The second kappa shape index (κ2) is 8.39. The standard InChI is InChI=1S/C22H26N6OS/c1-5-26(12-17-13-27(6-2)24-15(17)3)20(29)14-28-22-21(16(4)25-28)18(9-10-23-22)19-8-7-11-30-19/h7-11,13H,5-6,12,14H2,1-4H3. The molecule has 1 amide bonds. The van der Waals surface area contributed by atoms with Gasteiger partial charge < -0.3 is 4.90 Å². The summed E-state index contributed by atoms with van der Waals surface area (Å²) in [6.07, 6.45) is 3.81. The number of likely N-dealkylation sites (N-methyl/N-ethyl adjacent to an activating group) is 1. The average Bonchev–Trinajstić information content (AvgIpc) is 3.46. The Balaban J connectivity index is 1.61. The summed E-state index contributed by atoms with van der Waals surface area (Å²) in [5, 5.41) is 12.2. The highest BCUT2D eigenvalue weighted by atomic mass is 32.1. The lowest BCUT2D eigenvalue weighted by Gasteiger charge is -2.20. The van der Waals surface area contributed by atoms with E-state index in [9.17, 15) is 4.79 Å². The fraction of sp³-hybridized carbons (Fsp3) is 0.364. The molecule has 0 bridgehead atoms. The first kappa shape index (κ1) is 20.3. The molecule has 0 saturated heterocycles. The first-order chi connectivity index (χ1) is 14.5. The Hall–Kier alpha value is -3.00. The highest BCUT2D eigenvalue weighted by Gasteiger charge is 2.20. The monoisotopic (exact) mass is 422 g/mol. The van der Waals surface area contributed by atoms with E-state index in [-0.39, 0.29) is 12.5 Å². The molecule has 0 atom stereocenters. The van der Waals surface area contributed by atoms with Crippen molar-refractivity contribution in [1.82, 2.24) is 29.4 Å². The predicted molar refractivity (Wildman–Crippen MR) is 119 cm³/mol. The van der Waals surface area contributed by atoms with Crippen LogP contribution >= 0.6 is 11.3 Å². The van der Waals surface area contributed by atoms with Gasteiger partial charge in [0.05, 0.1) is 16.8 Å². The summed E-state index contributed by atoms with van der Waals surface area (Å²) >= 11 is 1.69. The molecule has 0 N–H and O–H groups in total. The van der Waals surface area contributed by atoms with Crippen molar-refractivity contribution in [3.63, 3.8) is 0 Å². The van der Waals surface area contributed by atoms with Crippen LogP contribution in [-0.2, 0) is 24.4 Å². The lowest BCUT2D eigenvalue weighted by molar-refractivity contribution is -0.132. The zero-order valence-electron chi connectivity index (χ0n) is 17.8. The van der Waals surface area contributed by atoms with E-state index in [0.29, 0.717) is 13.1 Å². The fourth-order valence-electron chi connectivity index (χ4n) is 3.72. The molecule has 4 heterocycles. The summed E-state index contributed by atoms with van der Waals surface area (Å²) in [7, 11) is 0. The SMILES string of the molecule is CCN(Cc1cn(CC)nc1C)C(=O)Cn1nc(C)c2c(-c3cccs3)ccnc21. The number of carbonyl (C=O) groups excluding carboxylic acids is 1. The van der Waals surface area contributed by atoms with Crippen molar-refractivity contribution < 1.29 is 4.79 Å². The van der Waals surface area contributed by atoms with E-state index in [4.69, 9.17) is 0 Å². The third-order valence-corrected chi connectivity index (χ3v) is 6.25. The van der Waals surface area contributed by atoms with Crippen LogP contribution in [0.5, 0.6) is 0 Å². The third kappa shape index (κ3) is 3.75. The summed E-state index contributed by atoms with van der Waals surface area (Å²) in [4.78, 5) is 20.7. The molecule has 0 aromatic carbocycles. The normalized spacial score (nSPS) is 11.3. The van der Waals surface area contributed by atoms with Gasteiger partial charge in [-0.1, -0.05) is 6.07 Å². The number of hydrogen-bond acceptors (Lipinski definition) is 5. The number of aryl methyl sites for hydroxylation is 3. The molecule has 0 aliphatic rings. The summed E-state index contributed by atoms with van der Waals surface area (Å²) in [6.45, 7) is 10.2. The number of rotatable bonds is 7. The van der Waals surface area contributed by atoms with E-state index < -0.39 is 0 Å². The minimum atomic E-state index is 0.0221. The van der Waals surface area contributed by atoms with Crippen molar-refractivity contribution in [2.45, 2.75) is 47.3 Å². The van der Waals surface area contributed by atoms with Crippen molar-refractivity contribution in [2.75, 3.05) is 6.54 Å². The summed E-state index contributed by atoms with van der Waals surface area (Å²) in [6, 6.07) is 6.15. The zero-order chi connectivity index (χ0) is 21.3. The van der Waals surface area contributed by atoms with E-state index in [1.165, 1.54) is 4.88 Å². The molecular weight excluding hydrogens is 396 g/mol. The van der Waals surface area contributed by atoms with Crippen LogP contribution in [0.1, 0.15) is 30.8 Å². The second-order valence-corrected chi connectivity index (χ2v) is 8.23. The highest BCUT2D eigenvalue weighted by molar-refractivity contribution is 7.13. The smallest absolute Gasteiger partial charge is 0.244 e. The Morgan fingerprint density at radius 3 is 2.67 bits per heavy atom. The van der Waals surface area contributed by atoms with Gasteiger partial charge in [0.2, 0.25) is 5.91 Å². The maximum Gasteiger partial charge on any atom is 0.244 e. The minimum Gasteiger partial charge on any atom is -0.337 e. The molecule has 4 aromatic rings. The van der Waals surface area contributed by atoms with Gasteiger partial charge in [0, 0.05) is 48.0 Å². The molecule has 7 nitrogen and oxygen atoms in total. The molecular formula is C22H26N6OS. The lowest BCUT2D eigenvalue weighted by atomic mass is 10.1. The van der Waals surface area contributed by atoms with Gasteiger partial charge in [-0.3, -0.25) is 9.48 Å². The van der Waals surface area contributed by atoms with Crippen LogP contribution in [0.2, 0.25) is 0 Å². The molecule has 0 saturated carbocycles. The number of thiophene rings is 1. The van der Waals surface area contributed by atoms with Crippen LogP contribution < -0.4 is 0 Å². The van der Waals surface area contributed by atoms with Crippen LogP contribution in [-0.4, -0.2) is 41.9 Å². The first-order valence-electron chi connectivity index (χ1n) is 10.2. The fourth-order valence-corrected chi connectivity index (χ4v) is 4.47. The van der Waals surface area contributed by atoms with Gasteiger partial charge in [0.15, 0.2) is 5.65 Å². The van der Waals surface area contributed by atoms with E-state index in [2.05, 4.69) is 33.6 Å². The summed E-state index contributed by atoms with van der Waals surface area (Å²) < 4.78 is 3.64. The number of nitrogens with zero attached hydrogens (tertiary/aromatic N) is 6. The van der Waals surface area contributed by atoms with Gasteiger partial charge in [0.25, 0.3) is 0 Å². The number of hydrogen-bond donors (Lipinski definition) is 0. The van der Waals surface area contributed by atoms with Crippen LogP contribution in [0.3, 0.4) is 0 Å². The van der Waals surface area contributed by atoms with Crippen LogP contribution in [0.4, 0.5) is 0 Å². The molecule has 30 heavy (non-hydrogen) atoms. The Labute approximate surface area is 180 Å². The predicted octanol–water partition coefficient (Wildman–Crippen LogP) is 4.04. The highest BCUT2D eigenvalue weighted by Crippen LogP contribution is 2.32. The topological polar surface area (TPSA) is 68.8 Å². The molecule has 0 aliphatic carbocycles. The third-order valence-electron chi connectivity index (χ3n) is 5.35. The molecule has 0 fully saturated rings. The van der Waals surface area contributed by atoms with Gasteiger partial charge in [-0.05, 0) is 45.2 Å². The van der Waals surface area contributed by atoms with E-state index in [1.54, 1.807) is 22.2 Å². The molecule has 0 unspecified atom stereocenters. The summed E-state index contributed by atoms with van der Waals surface area (Å²) in [5.41, 5.74) is 4.79. The first-order valence-corrected chi connectivity index (χ1v) is 11.1. The molecule has 4 rings (SSSR count). The van der Waals surface area contributed by atoms with Crippen LogP contribution in [0.25, 0.3) is 21.5 Å². The number of pyridine rings is 1. The van der Waals surface area contributed by atoms with Gasteiger partial charge in [-0.15, -0.1) is 11.3 Å². The Morgan fingerprint density at radius 2 is 2.00 bits per heavy atom. The second-order valence-electron chi connectivity index (χ2n) is 7.28. The maximum absolute atomic E-state index is 13.1. The largest absolute Gasteiger partial charge is 0.337 e. The van der Waals surface area contributed by atoms with E-state index >= 15 is 0 Å². The minimum absolute atomic E-state index is 0.0221. The zero-order valence-corrected chi connectivity index (χ0v) is 18.6. The number of aromatic nitrogens is 5. The maximum atomic E-state index is 13.1. The van der Waals surface area contributed by atoms with Crippen molar-refractivity contribution in [3.05, 3.63) is 52.9 Å². The Morgan fingerprint density at radius 1 is 1.17 bits per heavy atom. The van der Waals surface area contributed by atoms with E-state index in [1.807, 2.05) is 48.7 Å². The van der Waals surface area contributed by atoms with E-state index in [0.717, 1.165) is 40.1 Å². The molecule has 0 spiro atoms. The quantitative estimate of drug-likeness (QED) is 0.451. The number of fused-ring (bicyclic) bond motifs is 1. The average molecular weight is 423 g/mol. The molecule has 0 aliphatic heterocycles. The van der Waals surface area contributed by atoms with Crippen molar-refractivity contribution in [1.29, 1.82) is 0 Å². The number of carbonyl (C=O) groups is 1. The van der Waals surface area contributed by atoms with Crippen molar-refractivity contribution in [2.24, 2.45) is 0 Å². The van der Waals surface area contributed by atoms with Gasteiger partial charge in [-0.25, -0.2) is 9.67 Å². The Bertz CT molecular complexity index is 1170. The van der Waals surface area contributed by atoms with Crippen LogP contribution in [0.15, 0.2) is 36.0 Å². The molecule has 8 heteroatoms. The lowest BCUT2D eigenvalue weighted by Crippen LogP contribution is -2.33. The molecule has 156 valence electrons. The van der Waals surface area contributed by atoms with Crippen molar-refractivity contribution in [3.8, 4) is 10.4 Å². The van der Waals surface area contributed by atoms with Gasteiger partial charge >= 0.3 is 0 Å². The molecule has 4 aromatic heterocycles. The van der Waals surface area contributed by atoms with Gasteiger partial charge in [-0.2, -0.15) is 10.2 Å². The van der Waals surface area contributed by atoms with Crippen LogP contribution in [0, 0.1) is 13.8 Å². The molecule has 0 radical (unpaired) electrons. The number of amides is 1. The summed E-state index contributed by atoms with van der Waals surface area (Å²) in [5.74, 6) is 0.0221. The Kier molecular flexibility index (Phi) is 5.67. The van der Waals surface area contributed by atoms with Crippen molar-refractivity contribution >= 4 is 28.3 Å². The van der Waals surface area contributed by atoms with Gasteiger partial charge in [0.1, 0.15) is 6.54 Å².